The molecule has 1 aromatic rings. The normalized spacial score (nSPS) is 13.5. The SMILES string of the molecule is COc1ccc(C(=O)NCCN2C(=O)COC2=O)c(OC)c1OC. The van der Waals surface area contributed by atoms with E-state index in [2.05, 4.69) is 10.1 Å². The minimum atomic E-state index is -0.710. The molecule has 0 saturated carbocycles. The molecule has 1 aromatic carbocycles. The van der Waals surface area contributed by atoms with Crippen molar-refractivity contribution in [2.75, 3.05) is 41.0 Å². The average Bonchev–Trinajstić information content (AvgIpc) is 2.91. The number of nitrogens with one attached hydrogen (secondary N) is 1. The highest BCUT2D eigenvalue weighted by Gasteiger charge is 2.30. The van der Waals surface area contributed by atoms with Crippen molar-refractivity contribution in [2.45, 2.75) is 0 Å². The first-order valence-electron chi connectivity index (χ1n) is 7.07. The average molecular weight is 338 g/mol. The number of hydrogen-bond acceptors (Lipinski definition) is 7. The predicted octanol–water partition coefficient (Wildman–Crippen LogP) is 0.421. The molecule has 9 nitrogen and oxygen atoms in total. The van der Waals surface area contributed by atoms with Gasteiger partial charge >= 0.3 is 6.09 Å². The lowest BCUT2D eigenvalue weighted by atomic mass is 10.1. The van der Waals surface area contributed by atoms with Crippen molar-refractivity contribution in [1.29, 1.82) is 0 Å². The molecule has 0 bridgehead atoms. The van der Waals surface area contributed by atoms with Crippen LogP contribution in [-0.4, -0.2) is 63.8 Å². The smallest absolute Gasteiger partial charge is 0.417 e. The van der Waals surface area contributed by atoms with Gasteiger partial charge in [-0.15, -0.1) is 0 Å². The molecule has 1 N–H and O–H groups in total. The summed E-state index contributed by atoms with van der Waals surface area (Å²) in [6.07, 6.45) is -0.710. The predicted molar refractivity (Wildman–Crippen MR) is 81.5 cm³/mol. The Bertz CT molecular complexity index is 643. The van der Waals surface area contributed by atoms with Crippen molar-refractivity contribution in [2.24, 2.45) is 0 Å². The maximum absolute atomic E-state index is 12.3. The van der Waals surface area contributed by atoms with Crippen LogP contribution in [-0.2, 0) is 9.53 Å². The van der Waals surface area contributed by atoms with E-state index in [0.29, 0.717) is 11.5 Å². The summed E-state index contributed by atoms with van der Waals surface area (Å²) < 4.78 is 20.2. The molecule has 2 rings (SSSR count). The quantitative estimate of drug-likeness (QED) is 0.768. The third kappa shape index (κ3) is 3.34. The van der Waals surface area contributed by atoms with Crippen LogP contribution in [0.1, 0.15) is 10.4 Å². The lowest BCUT2D eigenvalue weighted by Gasteiger charge is -2.16. The summed E-state index contributed by atoms with van der Waals surface area (Å²) in [6, 6.07) is 3.11. The molecule has 0 aliphatic carbocycles. The Morgan fingerprint density at radius 2 is 1.88 bits per heavy atom. The zero-order valence-corrected chi connectivity index (χ0v) is 13.6. The van der Waals surface area contributed by atoms with Crippen LogP contribution in [0.3, 0.4) is 0 Å². The van der Waals surface area contributed by atoms with Crippen LogP contribution in [0, 0.1) is 0 Å². The molecule has 0 atom stereocenters. The number of carbonyl (C=O) groups is 3. The number of ether oxygens (including phenoxy) is 4. The van der Waals surface area contributed by atoms with E-state index in [-0.39, 0.29) is 31.0 Å². The molecule has 0 unspecified atom stereocenters. The highest BCUT2D eigenvalue weighted by Crippen LogP contribution is 2.39. The standard InChI is InChI=1S/C15H18N2O7/c1-21-10-5-4-9(12(22-2)13(10)23-3)14(19)16-6-7-17-11(18)8-24-15(17)20/h4-5H,6-8H2,1-3H3,(H,16,19). The maximum Gasteiger partial charge on any atom is 0.417 e. The van der Waals surface area contributed by atoms with Gasteiger partial charge in [-0.25, -0.2) is 9.69 Å². The van der Waals surface area contributed by atoms with E-state index in [0.717, 1.165) is 4.90 Å². The number of methoxy groups -OCH3 is 3. The molecule has 0 spiro atoms. The van der Waals surface area contributed by atoms with Crippen LogP contribution < -0.4 is 19.5 Å². The Morgan fingerprint density at radius 1 is 1.17 bits per heavy atom. The molecule has 1 fully saturated rings. The summed E-state index contributed by atoms with van der Waals surface area (Å²) in [5.41, 5.74) is 0.241. The Hall–Kier alpha value is -2.97. The molecule has 1 saturated heterocycles. The largest absolute Gasteiger partial charge is 0.493 e. The third-order valence-corrected chi connectivity index (χ3v) is 3.41. The molecule has 9 heteroatoms. The first-order chi connectivity index (χ1) is 11.5. The molecular formula is C15H18N2O7. The number of hydrogen-bond donors (Lipinski definition) is 1. The fraction of sp³-hybridized carbons (Fsp3) is 0.400. The summed E-state index contributed by atoms with van der Waals surface area (Å²) in [5, 5.41) is 2.61. The van der Waals surface area contributed by atoms with Crippen molar-refractivity contribution in [3.63, 3.8) is 0 Å². The van der Waals surface area contributed by atoms with E-state index < -0.39 is 17.9 Å². The lowest BCUT2D eigenvalue weighted by Crippen LogP contribution is -2.37. The number of cyclic esters (lactones) is 1. The second kappa shape index (κ2) is 7.53. The van der Waals surface area contributed by atoms with Gasteiger partial charge in [-0.1, -0.05) is 0 Å². The van der Waals surface area contributed by atoms with Crippen LogP contribution in [0.2, 0.25) is 0 Å². The number of nitrogens with zero attached hydrogens (tertiary/aromatic N) is 1. The molecule has 130 valence electrons. The van der Waals surface area contributed by atoms with Gasteiger partial charge in [0.1, 0.15) is 0 Å². The molecule has 0 radical (unpaired) electrons. The van der Waals surface area contributed by atoms with Crippen LogP contribution in [0.15, 0.2) is 12.1 Å². The van der Waals surface area contributed by atoms with E-state index in [1.165, 1.54) is 27.4 Å². The summed E-state index contributed by atoms with van der Waals surface area (Å²) in [7, 11) is 4.32. The van der Waals surface area contributed by atoms with Crippen LogP contribution >= 0.6 is 0 Å². The molecule has 1 heterocycles. The lowest BCUT2D eigenvalue weighted by molar-refractivity contribution is -0.125. The molecule has 0 aromatic heterocycles. The van der Waals surface area contributed by atoms with E-state index in [9.17, 15) is 14.4 Å². The minimum absolute atomic E-state index is 0.0268. The minimum Gasteiger partial charge on any atom is -0.493 e. The topological polar surface area (TPSA) is 103 Å². The molecule has 1 aliphatic rings. The highest BCUT2D eigenvalue weighted by molar-refractivity contribution is 5.99. The van der Waals surface area contributed by atoms with Gasteiger partial charge in [0, 0.05) is 13.1 Å². The van der Waals surface area contributed by atoms with Crippen molar-refractivity contribution in [3.05, 3.63) is 17.7 Å². The highest BCUT2D eigenvalue weighted by atomic mass is 16.6. The van der Waals surface area contributed by atoms with Gasteiger partial charge in [0.15, 0.2) is 18.1 Å². The van der Waals surface area contributed by atoms with Crippen LogP contribution in [0.5, 0.6) is 17.2 Å². The monoisotopic (exact) mass is 338 g/mol. The Kier molecular flexibility index (Phi) is 5.46. The van der Waals surface area contributed by atoms with Gasteiger partial charge < -0.3 is 24.3 Å². The van der Waals surface area contributed by atoms with Crippen molar-refractivity contribution in [1.82, 2.24) is 10.2 Å². The molecule has 24 heavy (non-hydrogen) atoms. The summed E-state index contributed by atoms with van der Waals surface area (Å²) in [5.74, 6) is 0.0824. The van der Waals surface area contributed by atoms with E-state index in [1.54, 1.807) is 6.07 Å². The maximum atomic E-state index is 12.3. The van der Waals surface area contributed by atoms with Crippen LogP contribution in [0.25, 0.3) is 0 Å². The zero-order chi connectivity index (χ0) is 17.7. The molecule has 1 aliphatic heterocycles. The van der Waals surface area contributed by atoms with Crippen molar-refractivity contribution < 1.29 is 33.3 Å². The van der Waals surface area contributed by atoms with Crippen molar-refractivity contribution >= 4 is 17.9 Å². The fourth-order valence-electron chi connectivity index (χ4n) is 2.25. The number of carbonyl (C=O) groups excluding carboxylic acids is 3. The number of benzene rings is 1. The fourth-order valence-corrected chi connectivity index (χ4v) is 2.25. The van der Waals surface area contributed by atoms with Gasteiger partial charge in [-0.05, 0) is 12.1 Å². The summed E-state index contributed by atoms with van der Waals surface area (Å²) in [6.45, 7) is -0.160. The first-order valence-corrected chi connectivity index (χ1v) is 7.07. The third-order valence-electron chi connectivity index (χ3n) is 3.41. The Morgan fingerprint density at radius 3 is 2.42 bits per heavy atom. The van der Waals surface area contributed by atoms with Gasteiger partial charge in [0.25, 0.3) is 11.8 Å². The second-order valence-corrected chi connectivity index (χ2v) is 4.74. The van der Waals surface area contributed by atoms with Gasteiger partial charge in [-0.3, -0.25) is 9.59 Å². The van der Waals surface area contributed by atoms with Crippen molar-refractivity contribution in [3.8, 4) is 17.2 Å². The number of amides is 3. The van der Waals surface area contributed by atoms with Crippen LogP contribution in [0.4, 0.5) is 4.79 Å². The molecular weight excluding hydrogens is 320 g/mol. The van der Waals surface area contributed by atoms with Gasteiger partial charge in [-0.2, -0.15) is 0 Å². The second-order valence-electron chi connectivity index (χ2n) is 4.74. The Labute approximate surface area is 138 Å². The first kappa shape index (κ1) is 17.4. The zero-order valence-electron chi connectivity index (χ0n) is 13.6. The van der Waals surface area contributed by atoms with Gasteiger partial charge in [0.2, 0.25) is 5.75 Å². The molecule has 3 amide bonds. The number of imide groups is 1. The van der Waals surface area contributed by atoms with E-state index in [1.807, 2.05) is 0 Å². The Balaban J connectivity index is 2.07. The van der Waals surface area contributed by atoms with E-state index >= 15 is 0 Å². The summed E-state index contributed by atoms with van der Waals surface area (Å²) >= 11 is 0. The number of rotatable bonds is 7. The van der Waals surface area contributed by atoms with Gasteiger partial charge in [0.05, 0.1) is 26.9 Å². The summed E-state index contributed by atoms with van der Waals surface area (Å²) in [4.78, 5) is 36.0. The van der Waals surface area contributed by atoms with E-state index in [4.69, 9.17) is 14.2 Å².